The molecule has 1 rings (SSSR count). The first-order chi connectivity index (χ1) is 4.02. The maximum absolute atomic E-state index is 12.4. The fraction of sp³-hybridized carbons (Fsp3) is 0.714. The summed E-state index contributed by atoms with van der Waals surface area (Å²) in [5, 5.41) is 0. The molecule has 9 heavy (non-hydrogen) atoms. The minimum absolute atomic E-state index is 0.479. The van der Waals surface area contributed by atoms with E-state index in [1.807, 2.05) is 0 Å². The van der Waals surface area contributed by atoms with Crippen LogP contribution in [0.3, 0.4) is 0 Å². The smallest absolute Gasteiger partial charge is 0.205 e. The Morgan fingerprint density at radius 2 is 2.00 bits per heavy atom. The van der Waals surface area contributed by atoms with Crippen LogP contribution in [-0.2, 0) is 0 Å². The summed E-state index contributed by atoms with van der Waals surface area (Å²) < 4.78 is 24.8. The van der Waals surface area contributed by atoms with Crippen molar-refractivity contribution in [3.63, 3.8) is 0 Å². The number of rotatable bonds is 1. The predicted octanol–water partition coefficient (Wildman–Crippen LogP) is 2.06. The largest absolute Gasteiger partial charge is 0.261 e. The molecule has 0 atom stereocenters. The lowest BCUT2D eigenvalue weighted by Gasteiger charge is -2.15. The molecule has 0 heterocycles. The molecule has 0 aliphatic heterocycles. The zero-order valence-electron chi connectivity index (χ0n) is 5.25. The van der Waals surface area contributed by atoms with Gasteiger partial charge in [0.15, 0.2) is 0 Å². The molecule has 0 nitrogen and oxygen atoms in total. The lowest BCUT2D eigenvalue weighted by molar-refractivity contribution is -0.0293. The zero-order chi connectivity index (χ0) is 7.12. The molecule has 1 aliphatic rings. The maximum Gasteiger partial charge on any atom is 0.261 e. The molecular weight excluding hydrogens is 122 g/mol. The van der Waals surface area contributed by atoms with Gasteiger partial charge in [0.2, 0.25) is 0 Å². The number of halogens is 2. The van der Waals surface area contributed by atoms with Gasteiger partial charge in [0.25, 0.3) is 5.92 Å². The molecule has 0 N–H and O–H groups in total. The molecule has 0 amide bonds. The summed E-state index contributed by atoms with van der Waals surface area (Å²) in [7, 11) is 0. The van der Waals surface area contributed by atoms with E-state index in [-0.39, 0.29) is 0 Å². The number of hydrogen-bond acceptors (Lipinski definition) is 0. The molecule has 0 aromatic carbocycles. The van der Waals surface area contributed by atoms with Crippen molar-refractivity contribution in [2.75, 3.05) is 0 Å². The Hall–Kier alpha value is -0.580. The molecule has 0 aromatic heterocycles. The minimum Gasteiger partial charge on any atom is -0.205 e. The van der Waals surface area contributed by atoms with Crippen LogP contribution in [0.1, 0.15) is 19.8 Å². The van der Waals surface area contributed by atoms with Crippen molar-refractivity contribution in [1.29, 1.82) is 0 Å². The Bertz CT molecular complexity index is 155. The summed E-state index contributed by atoms with van der Waals surface area (Å²) in [5.74, 6) is -0.536. The highest BCUT2D eigenvalue weighted by Crippen LogP contribution is 2.55. The van der Waals surface area contributed by atoms with Gasteiger partial charge in [-0.05, 0) is 12.8 Å². The molecule has 0 bridgehead atoms. The Kier molecular flexibility index (Phi) is 1.07. The summed E-state index contributed by atoms with van der Waals surface area (Å²) in [5.41, 5.74) is -1.08. The van der Waals surface area contributed by atoms with Gasteiger partial charge in [0.05, 0.1) is 5.41 Å². The summed E-state index contributed by atoms with van der Waals surface area (Å²) in [6, 6.07) is 0. The van der Waals surface area contributed by atoms with Gasteiger partial charge in [-0.15, -0.1) is 6.42 Å². The Morgan fingerprint density at radius 1 is 1.56 bits per heavy atom. The van der Waals surface area contributed by atoms with E-state index < -0.39 is 11.3 Å². The summed E-state index contributed by atoms with van der Waals surface area (Å²) in [6.07, 6.45) is 5.88. The van der Waals surface area contributed by atoms with Crippen LogP contribution < -0.4 is 0 Å². The molecule has 2 heteroatoms. The quantitative estimate of drug-likeness (QED) is 0.476. The van der Waals surface area contributed by atoms with Crippen molar-refractivity contribution in [2.45, 2.75) is 25.7 Å². The Balaban J connectivity index is 2.75. The van der Waals surface area contributed by atoms with Crippen LogP contribution >= 0.6 is 0 Å². The second-order valence-corrected chi connectivity index (χ2v) is 2.61. The average Bonchev–Trinajstić information content (AvgIpc) is 2.40. The third kappa shape index (κ3) is 0.808. The first kappa shape index (κ1) is 6.54. The fourth-order valence-corrected chi connectivity index (χ4v) is 0.835. The van der Waals surface area contributed by atoms with Crippen LogP contribution in [0.5, 0.6) is 0 Å². The molecule has 0 spiro atoms. The van der Waals surface area contributed by atoms with Crippen LogP contribution in [0, 0.1) is 17.8 Å². The van der Waals surface area contributed by atoms with Crippen LogP contribution in [0.2, 0.25) is 0 Å². The first-order valence-electron chi connectivity index (χ1n) is 2.87. The fourth-order valence-electron chi connectivity index (χ4n) is 0.835. The van der Waals surface area contributed by atoms with Gasteiger partial charge >= 0.3 is 0 Å². The van der Waals surface area contributed by atoms with E-state index >= 15 is 0 Å². The second kappa shape index (κ2) is 1.47. The molecule has 50 valence electrons. The molecule has 1 fully saturated rings. The molecule has 0 aromatic rings. The summed E-state index contributed by atoms with van der Waals surface area (Å²) in [6.45, 7) is 0.889. The number of terminal acetylenes is 1. The van der Waals surface area contributed by atoms with Crippen LogP contribution in [-0.4, -0.2) is 5.92 Å². The number of alkyl halides is 2. The lowest BCUT2D eigenvalue weighted by atomic mass is 10.0. The standard InChI is InChI=1S/C7H8F2/c1-3-7(4-5-7)6(2,8)9/h1H,4-5H2,2H3. The van der Waals surface area contributed by atoms with Gasteiger partial charge in [-0.3, -0.25) is 0 Å². The van der Waals surface area contributed by atoms with Crippen molar-refractivity contribution >= 4 is 0 Å². The van der Waals surface area contributed by atoms with Gasteiger partial charge < -0.3 is 0 Å². The van der Waals surface area contributed by atoms with E-state index in [9.17, 15) is 8.78 Å². The SMILES string of the molecule is C#CC1(C(C)(F)F)CC1. The maximum atomic E-state index is 12.4. The van der Waals surface area contributed by atoms with E-state index in [0.29, 0.717) is 12.8 Å². The first-order valence-corrected chi connectivity index (χ1v) is 2.87. The number of hydrogen-bond donors (Lipinski definition) is 0. The Morgan fingerprint density at radius 3 is 2.00 bits per heavy atom. The highest BCUT2D eigenvalue weighted by atomic mass is 19.3. The molecule has 0 saturated heterocycles. The van der Waals surface area contributed by atoms with Gasteiger partial charge in [-0.25, -0.2) is 8.78 Å². The van der Waals surface area contributed by atoms with E-state index in [1.54, 1.807) is 0 Å². The monoisotopic (exact) mass is 130 g/mol. The van der Waals surface area contributed by atoms with Gasteiger partial charge in [-0.1, -0.05) is 5.92 Å². The van der Waals surface area contributed by atoms with E-state index in [1.165, 1.54) is 0 Å². The van der Waals surface area contributed by atoms with E-state index in [4.69, 9.17) is 6.42 Å². The van der Waals surface area contributed by atoms with E-state index in [0.717, 1.165) is 6.92 Å². The van der Waals surface area contributed by atoms with Crippen molar-refractivity contribution in [3.8, 4) is 12.3 Å². The van der Waals surface area contributed by atoms with Crippen LogP contribution in [0.25, 0.3) is 0 Å². The normalized spacial score (nSPS) is 22.9. The topological polar surface area (TPSA) is 0 Å². The third-order valence-electron chi connectivity index (χ3n) is 1.87. The van der Waals surface area contributed by atoms with Gasteiger partial charge in [0.1, 0.15) is 0 Å². The molecule has 1 saturated carbocycles. The predicted molar refractivity (Wildman–Crippen MR) is 31.1 cm³/mol. The highest BCUT2D eigenvalue weighted by Gasteiger charge is 2.57. The minimum atomic E-state index is -2.68. The molecule has 0 unspecified atom stereocenters. The van der Waals surface area contributed by atoms with Gasteiger partial charge in [0, 0.05) is 6.92 Å². The van der Waals surface area contributed by atoms with Gasteiger partial charge in [-0.2, -0.15) is 0 Å². The average molecular weight is 130 g/mol. The lowest BCUT2D eigenvalue weighted by Crippen LogP contribution is -2.23. The van der Waals surface area contributed by atoms with Crippen molar-refractivity contribution in [1.82, 2.24) is 0 Å². The summed E-state index contributed by atoms with van der Waals surface area (Å²) >= 11 is 0. The molecule has 1 aliphatic carbocycles. The van der Waals surface area contributed by atoms with Crippen LogP contribution in [0.15, 0.2) is 0 Å². The van der Waals surface area contributed by atoms with Crippen molar-refractivity contribution < 1.29 is 8.78 Å². The van der Waals surface area contributed by atoms with E-state index in [2.05, 4.69) is 5.92 Å². The molecule has 0 radical (unpaired) electrons. The zero-order valence-corrected chi connectivity index (χ0v) is 5.25. The summed E-state index contributed by atoms with van der Waals surface area (Å²) in [4.78, 5) is 0. The van der Waals surface area contributed by atoms with Crippen molar-refractivity contribution in [2.24, 2.45) is 5.41 Å². The Labute approximate surface area is 53.3 Å². The van der Waals surface area contributed by atoms with Crippen LogP contribution in [0.4, 0.5) is 8.78 Å². The second-order valence-electron chi connectivity index (χ2n) is 2.61. The van der Waals surface area contributed by atoms with Crippen molar-refractivity contribution in [3.05, 3.63) is 0 Å². The highest BCUT2D eigenvalue weighted by molar-refractivity contribution is 5.20. The molecular formula is C7H8F2. The third-order valence-corrected chi connectivity index (χ3v) is 1.87.